The van der Waals surface area contributed by atoms with Crippen molar-refractivity contribution in [1.29, 1.82) is 0 Å². The van der Waals surface area contributed by atoms with Crippen LogP contribution in [0.1, 0.15) is 18.5 Å². The van der Waals surface area contributed by atoms with E-state index in [9.17, 15) is 17.6 Å². The number of rotatable bonds is 4. The standard InChI is InChI=1S/C17H14F4N4O2S/c18-9-5-11-14(12(6-9)27-10-1-3-26-4-2-10)15(23-8-22-11)25-16-24-13(7-28-16)17(19,20)21/h5-8,10H,1-4H2,(H,22,23,24,25). The number of nitrogens with zero attached hydrogens (tertiary/aromatic N) is 3. The minimum atomic E-state index is -4.54. The Bertz CT molecular complexity index is 989. The summed E-state index contributed by atoms with van der Waals surface area (Å²) >= 11 is 0.790. The first-order valence-electron chi connectivity index (χ1n) is 8.38. The van der Waals surface area contributed by atoms with Gasteiger partial charge in [-0.05, 0) is 0 Å². The number of halogens is 4. The lowest BCUT2D eigenvalue weighted by Gasteiger charge is -2.24. The van der Waals surface area contributed by atoms with Crippen LogP contribution in [-0.2, 0) is 10.9 Å². The Balaban J connectivity index is 1.70. The third-order valence-electron chi connectivity index (χ3n) is 4.15. The number of fused-ring (bicyclic) bond motifs is 1. The average Bonchev–Trinajstić information content (AvgIpc) is 3.11. The summed E-state index contributed by atoms with van der Waals surface area (Å²) in [5.74, 6) is -0.124. The molecule has 1 fully saturated rings. The van der Waals surface area contributed by atoms with Crippen molar-refractivity contribution >= 4 is 33.2 Å². The highest BCUT2D eigenvalue weighted by Gasteiger charge is 2.34. The van der Waals surface area contributed by atoms with E-state index in [0.29, 0.717) is 31.4 Å². The van der Waals surface area contributed by atoms with E-state index in [1.54, 1.807) is 0 Å². The molecule has 2 aromatic heterocycles. The van der Waals surface area contributed by atoms with Crippen molar-refractivity contribution in [2.75, 3.05) is 18.5 Å². The lowest BCUT2D eigenvalue weighted by molar-refractivity contribution is -0.140. The van der Waals surface area contributed by atoms with Gasteiger partial charge >= 0.3 is 6.18 Å². The zero-order valence-electron chi connectivity index (χ0n) is 14.3. The number of anilines is 2. The number of thiazole rings is 1. The molecule has 148 valence electrons. The Kier molecular flexibility index (Phi) is 5.02. The summed E-state index contributed by atoms with van der Waals surface area (Å²) in [5, 5.41) is 4.06. The van der Waals surface area contributed by atoms with Gasteiger partial charge in [-0.1, -0.05) is 0 Å². The average molecular weight is 414 g/mol. The van der Waals surface area contributed by atoms with Crippen LogP contribution in [0, 0.1) is 5.82 Å². The maximum atomic E-state index is 14.0. The largest absolute Gasteiger partial charge is 0.489 e. The molecule has 11 heteroatoms. The van der Waals surface area contributed by atoms with Gasteiger partial charge in [0, 0.05) is 30.4 Å². The number of hydrogen-bond donors (Lipinski definition) is 1. The van der Waals surface area contributed by atoms with Crippen LogP contribution in [0.4, 0.5) is 28.5 Å². The SMILES string of the molecule is Fc1cc(OC2CCOCC2)c2c(Nc3nc(C(F)(F)F)cs3)ncnc2c1. The minimum Gasteiger partial charge on any atom is -0.489 e. The predicted molar refractivity (Wildman–Crippen MR) is 94.4 cm³/mol. The molecule has 3 heterocycles. The molecule has 4 rings (SSSR count). The first-order valence-corrected chi connectivity index (χ1v) is 9.26. The monoisotopic (exact) mass is 414 g/mol. The van der Waals surface area contributed by atoms with Gasteiger partial charge in [-0.2, -0.15) is 13.2 Å². The van der Waals surface area contributed by atoms with E-state index in [1.807, 2.05) is 0 Å². The van der Waals surface area contributed by atoms with Crippen molar-refractivity contribution in [2.24, 2.45) is 0 Å². The molecule has 0 aliphatic carbocycles. The third kappa shape index (κ3) is 3.99. The maximum Gasteiger partial charge on any atom is 0.434 e. The third-order valence-corrected chi connectivity index (χ3v) is 4.91. The summed E-state index contributed by atoms with van der Waals surface area (Å²) in [7, 11) is 0. The molecule has 1 aliphatic heterocycles. The molecule has 1 aliphatic rings. The van der Waals surface area contributed by atoms with Crippen LogP contribution in [0.25, 0.3) is 10.9 Å². The number of alkyl halides is 3. The van der Waals surface area contributed by atoms with Gasteiger partial charge in [0.2, 0.25) is 0 Å². The molecule has 0 spiro atoms. The summed E-state index contributed by atoms with van der Waals surface area (Å²) < 4.78 is 63.6. The van der Waals surface area contributed by atoms with Crippen molar-refractivity contribution < 1.29 is 27.0 Å². The fourth-order valence-electron chi connectivity index (χ4n) is 2.84. The number of aromatic nitrogens is 3. The Hall–Kier alpha value is -2.53. The number of hydrogen-bond acceptors (Lipinski definition) is 7. The van der Waals surface area contributed by atoms with Crippen LogP contribution in [0.3, 0.4) is 0 Å². The zero-order chi connectivity index (χ0) is 19.7. The highest BCUT2D eigenvalue weighted by molar-refractivity contribution is 7.13. The van der Waals surface area contributed by atoms with Crippen molar-refractivity contribution in [3.8, 4) is 5.75 Å². The van der Waals surface area contributed by atoms with E-state index >= 15 is 0 Å². The molecule has 0 unspecified atom stereocenters. The van der Waals surface area contributed by atoms with Crippen molar-refractivity contribution in [3.63, 3.8) is 0 Å². The van der Waals surface area contributed by atoms with E-state index < -0.39 is 17.7 Å². The Morgan fingerprint density at radius 2 is 1.96 bits per heavy atom. The molecule has 1 saturated heterocycles. The van der Waals surface area contributed by atoms with Crippen LogP contribution in [0.2, 0.25) is 0 Å². The highest BCUT2D eigenvalue weighted by Crippen LogP contribution is 2.36. The molecule has 0 bridgehead atoms. The summed E-state index contributed by atoms with van der Waals surface area (Å²) in [6, 6.07) is 2.43. The Labute approximate surface area is 160 Å². The lowest BCUT2D eigenvalue weighted by Crippen LogP contribution is -2.26. The maximum absolute atomic E-state index is 14.0. The van der Waals surface area contributed by atoms with E-state index in [4.69, 9.17) is 9.47 Å². The van der Waals surface area contributed by atoms with Crippen LogP contribution in [0.5, 0.6) is 5.75 Å². The number of ether oxygens (including phenoxy) is 2. The summed E-state index contributed by atoms with van der Waals surface area (Å²) in [6.07, 6.45) is -2.21. The van der Waals surface area contributed by atoms with Crippen LogP contribution in [0.15, 0.2) is 23.8 Å². The molecular formula is C17H14F4N4O2S. The molecular weight excluding hydrogens is 400 g/mol. The van der Waals surface area contributed by atoms with E-state index in [1.165, 1.54) is 18.5 Å². The van der Waals surface area contributed by atoms with Crippen molar-refractivity contribution in [2.45, 2.75) is 25.1 Å². The van der Waals surface area contributed by atoms with Crippen LogP contribution < -0.4 is 10.1 Å². The molecule has 28 heavy (non-hydrogen) atoms. The van der Waals surface area contributed by atoms with E-state index in [0.717, 1.165) is 16.7 Å². The molecule has 1 aromatic carbocycles. The van der Waals surface area contributed by atoms with Gasteiger partial charge in [-0.25, -0.2) is 19.3 Å². The smallest absolute Gasteiger partial charge is 0.434 e. The van der Waals surface area contributed by atoms with Gasteiger partial charge in [-0.15, -0.1) is 11.3 Å². The molecule has 0 amide bonds. The fraction of sp³-hybridized carbons (Fsp3) is 0.353. The fourth-order valence-corrected chi connectivity index (χ4v) is 3.56. The Morgan fingerprint density at radius 1 is 1.18 bits per heavy atom. The van der Waals surface area contributed by atoms with E-state index in [2.05, 4.69) is 20.3 Å². The summed E-state index contributed by atoms with van der Waals surface area (Å²) in [4.78, 5) is 11.7. The predicted octanol–water partition coefficient (Wildman–Crippen LogP) is 4.55. The Morgan fingerprint density at radius 3 is 2.68 bits per heavy atom. The highest BCUT2D eigenvalue weighted by atomic mass is 32.1. The number of benzene rings is 1. The van der Waals surface area contributed by atoms with Gasteiger partial charge in [0.15, 0.2) is 10.8 Å². The van der Waals surface area contributed by atoms with Crippen LogP contribution >= 0.6 is 11.3 Å². The topological polar surface area (TPSA) is 69.2 Å². The quantitative estimate of drug-likeness (QED) is 0.632. The normalized spacial score (nSPS) is 15.7. The van der Waals surface area contributed by atoms with E-state index in [-0.39, 0.29) is 28.3 Å². The molecule has 3 aromatic rings. The van der Waals surface area contributed by atoms with Gasteiger partial charge in [0.1, 0.15) is 29.8 Å². The van der Waals surface area contributed by atoms with Crippen molar-refractivity contribution in [3.05, 3.63) is 35.4 Å². The second-order valence-corrected chi connectivity index (χ2v) is 6.97. The number of nitrogens with one attached hydrogen (secondary N) is 1. The molecule has 0 atom stereocenters. The van der Waals surface area contributed by atoms with Gasteiger partial charge in [0.25, 0.3) is 0 Å². The minimum absolute atomic E-state index is 0.00802. The summed E-state index contributed by atoms with van der Waals surface area (Å²) in [5.41, 5.74) is -0.727. The van der Waals surface area contributed by atoms with Crippen LogP contribution in [-0.4, -0.2) is 34.3 Å². The lowest BCUT2D eigenvalue weighted by atomic mass is 10.1. The first-order chi connectivity index (χ1) is 13.4. The second kappa shape index (κ2) is 7.47. The molecule has 0 saturated carbocycles. The summed E-state index contributed by atoms with van der Waals surface area (Å²) in [6.45, 7) is 1.08. The van der Waals surface area contributed by atoms with Gasteiger partial charge < -0.3 is 14.8 Å². The second-order valence-electron chi connectivity index (χ2n) is 6.11. The van der Waals surface area contributed by atoms with Gasteiger partial charge in [0.05, 0.1) is 24.1 Å². The van der Waals surface area contributed by atoms with Crippen molar-refractivity contribution in [1.82, 2.24) is 15.0 Å². The molecule has 6 nitrogen and oxygen atoms in total. The first kappa shape index (κ1) is 18.8. The van der Waals surface area contributed by atoms with Gasteiger partial charge in [-0.3, -0.25) is 0 Å². The zero-order valence-corrected chi connectivity index (χ0v) is 15.1. The molecule has 1 N–H and O–H groups in total. The molecule has 0 radical (unpaired) electrons.